The number of rotatable bonds is 2. The van der Waals surface area contributed by atoms with E-state index in [1.165, 1.54) is 0 Å². The van der Waals surface area contributed by atoms with Crippen LogP contribution in [0.1, 0.15) is 39.8 Å². The van der Waals surface area contributed by atoms with Crippen molar-refractivity contribution in [3.63, 3.8) is 0 Å². The molecule has 0 saturated carbocycles. The van der Waals surface area contributed by atoms with Gasteiger partial charge in [-0.25, -0.2) is 9.78 Å². The van der Waals surface area contributed by atoms with Crippen molar-refractivity contribution >= 4 is 17.9 Å². The van der Waals surface area contributed by atoms with Gasteiger partial charge >= 0.3 is 6.09 Å². The molecule has 0 N–H and O–H groups in total. The Bertz CT molecular complexity index is 878. The minimum Gasteiger partial charge on any atom is -0.444 e. The van der Waals surface area contributed by atoms with Crippen molar-refractivity contribution in [3.05, 3.63) is 11.8 Å². The smallest absolute Gasteiger partial charge is 0.410 e. The quantitative estimate of drug-likeness (QED) is 0.707. The van der Waals surface area contributed by atoms with Crippen molar-refractivity contribution in [1.29, 1.82) is 5.26 Å². The molecule has 0 radical (unpaired) electrons. The number of anilines is 2. The fourth-order valence-corrected chi connectivity index (χ4v) is 4.80. The molecule has 3 fully saturated rings. The van der Waals surface area contributed by atoms with Gasteiger partial charge in [-0.1, -0.05) is 0 Å². The molecular weight excluding hydrogens is 394 g/mol. The second-order valence-electron chi connectivity index (χ2n) is 10.0. The number of amides is 1. The van der Waals surface area contributed by atoms with E-state index in [0.29, 0.717) is 30.6 Å². The Hall–Kier alpha value is -2.60. The van der Waals surface area contributed by atoms with Crippen LogP contribution in [0.3, 0.4) is 0 Å². The number of likely N-dealkylation sites (N-methyl/N-ethyl adjacent to an activating group) is 1. The molecule has 3 saturated heterocycles. The minimum absolute atomic E-state index is 0.203. The van der Waals surface area contributed by atoms with Crippen LogP contribution < -0.4 is 9.80 Å². The van der Waals surface area contributed by atoms with Crippen molar-refractivity contribution in [2.75, 3.05) is 56.1 Å². The summed E-state index contributed by atoms with van der Waals surface area (Å²) in [5.74, 6) is 1.81. The average molecular weight is 428 g/mol. The Balaban J connectivity index is 1.51. The van der Waals surface area contributed by atoms with Crippen molar-refractivity contribution in [2.45, 2.75) is 51.8 Å². The predicted molar refractivity (Wildman–Crippen MR) is 118 cm³/mol. The Morgan fingerprint density at radius 1 is 1.16 bits per heavy atom. The maximum absolute atomic E-state index is 12.5. The van der Waals surface area contributed by atoms with E-state index in [1.54, 1.807) is 11.0 Å². The molecule has 0 aliphatic carbocycles. The van der Waals surface area contributed by atoms with Gasteiger partial charge in [-0.3, -0.25) is 0 Å². The number of hydrogen-bond donors (Lipinski definition) is 0. The number of hydrogen-bond acceptors (Lipinski definition) is 8. The number of carbonyl (C=O) groups is 1. The van der Waals surface area contributed by atoms with E-state index in [2.05, 4.69) is 39.7 Å². The Morgan fingerprint density at radius 2 is 1.94 bits per heavy atom. The minimum atomic E-state index is -0.500. The number of nitriles is 1. The fourth-order valence-electron chi connectivity index (χ4n) is 4.80. The van der Waals surface area contributed by atoms with Gasteiger partial charge in [-0.05, 0) is 47.7 Å². The van der Waals surface area contributed by atoms with Crippen LogP contribution in [0.25, 0.3) is 0 Å². The van der Waals surface area contributed by atoms with Crippen LogP contribution in [-0.2, 0) is 4.74 Å². The van der Waals surface area contributed by atoms with Gasteiger partial charge in [-0.15, -0.1) is 0 Å². The molecule has 4 heterocycles. The van der Waals surface area contributed by atoms with E-state index < -0.39 is 5.60 Å². The van der Waals surface area contributed by atoms with Gasteiger partial charge in [0, 0.05) is 50.7 Å². The molecule has 3 aliphatic heterocycles. The summed E-state index contributed by atoms with van der Waals surface area (Å²) >= 11 is 0. The summed E-state index contributed by atoms with van der Waals surface area (Å²) in [5.41, 5.74) is -0.116. The summed E-state index contributed by atoms with van der Waals surface area (Å²) in [7, 11) is 2.13. The molecule has 3 aliphatic rings. The molecule has 0 bridgehead atoms. The standard InChI is InChI=1S/C22H33N7O2/c1-15-11-26(5)7-6-8-28(15)20-24-17(10-23)9-19(25-20)29-13-16-12-27(14-18(16)29)21(30)31-22(2,3)4/h9,15-16,18H,6-8,11-14H2,1-5H3/t15-,16+,18+/m0/s1. The molecular formula is C22H33N7O2. The maximum Gasteiger partial charge on any atom is 0.410 e. The highest BCUT2D eigenvalue weighted by Crippen LogP contribution is 2.37. The van der Waals surface area contributed by atoms with Crippen LogP contribution in [0.4, 0.5) is 16.6 Å². The number of carbonyl (C=O) groups excluding carboxylic acids is 1. The van der Waals surface area contributed by atoms with E-state index in [-0.39, 0.29) is 18.2 Å². The lowest BCUT2D eigenvalue weighted by atomic mass is 9.92. The molecule has 0 aromatic carbocycles. The third-order valence-electron chi connectivity index (χ3n) is 6.30. The number of nitrogens with zero attached hydrogens (tertiary/aromatic N) is 7. The molecule has 3 atom stereocenters. The SMILES string of the molecule is C[C@H]1CN(C)CCCN1c1nc(C#N)cc(N2C[C@H]3CN(C(=O)OC(C)(C)C)C[C@H]32)n1. The van der Waals surface area contributed by atoms with Crippen molar-refractivity contribution in [1.82, 2.24) is 19.8 Å². The highest BCUT2D eigenvalue weighted by Gasteiger charge is 2.48. The van der Waals surface area contributed by atoms with Gasteiger partial charge in [0.15, 0.2) is 0 Å². The Morgan fingerprint density at radius 3 is 2.65 bits per heavy atom. The molecule has 1 aromatic rings. The summed E-state index contributed by atoms with van der Waals surface area (Å²) in [6.45, 7) is 12.8. The highest BCUT2D eigenvalue weighted by atomic mass is 16.6. The first kappa shape index (κ1) is 21.6. The van der Waals surface area contributed by atoms with Crippen molar-refractivity contribution < 1.29 is 9.53 Å². The summed E-state index contributed by atoms with van der Waals surface area (Å²) in [5, 5.41) is 9.58. The third kappa shape index (κ3) is 4.54. The first-order valence-corrected chi connectivity index (χ1v) is 11.1. The summed E-state index contributed by atoms with van der Waals surface area (Å²) in [4.78, 5) is 30.4. The monoisotopic (exact) mass is 427 g/mol. The van der Waals surface area contributed by atoms with Gasteiger partial charge in [0.1, 0.15) is 23.2 Å². The molecule has 1 aromatic heterocycles. The molecule has 9 nitrogen and oxygen atoms in total. The second-order valence-corrected chi connectivity index (χ2v) is 10.0. The predicted octanol–water partition coefficient (Wildman–Crippen LogP) is 1.93. The molecule has 0 unspecified atom stereocenters. The van der Waals surface area contributed by atoms with Crippen LogP contribution in [0.5, 0.6) is 0 Å². The van der Waals surface area contributed by atoms with Crippen LogP contribution in [0, 0.1) is 17.2 Å². The normalized spacial score (nSPS) is 26.7. The number of ether oxygens (including phenoxy) is 1. The summed E-state index contributed by atoms with van der Waals surface area (Å²) in [6.07, 6.45) is 0.778. The number of aromatic nitrogens is 2. The zero-order chi connectivity index (χ0) is 22.3. The first-order chi connectivity index (χ1) is 14.6. The molecule has 9 heteroatoms. The third-order valence-corrected chi connectivity index (χ3v) is 6.30. The topological polar surface area (TPSA) is 88.8 Å². The zero-order valence-electron chi connectivity index (χ0n) is 19.2. The second kappa shape index (κ2) is 8.15. The zero-order valence-corrected chi connectivity index (χ0v) is 19.2. The Kier molecular flexibility index (Phi) is 5.69. The lowest BCUT2D eigenvalue weighted by Crippen LogP contribution is -2.56. The van der Waals surface area contributed by atoms with Crippen LogP contribution in [-0.4, -0.2) is 89.9 Å². The van der Waals surface area contributed by atoms with E-state index in [4.69, 9.17) is 9.72 Å². The number of likely N-dealkylation sites (tertiary alicyclic amines) is 1. The van der Waals surface area contributed by atoms with Gasteiger partial charge in [-0.2, -0.15) is 10.2 Å². The molecule has 4 rings (SSSR count). The largest absolute Gasteiger partial charge is 0.444 e. The lowest BCUT2D eigenvalue weighted by Gasteiger charge is -2.44. The van der Waals surface area contributed by atoms with Crippen molar-refractivity contribution in [3.8, 4) is 6.07 Å². The fraction of sp³-hybridized carbons (Fsp3) is 0.727. The number of fused-ring (bicyclic) bond motifs is 1. The van der Waals surface area contributed by atoms with Crippen LogP contribution in [0.15, 0.2) is 6.07 Å². The van der Waals surface area contributed by atoms with Crippen LogP contribution >= 0.6 is 0 Å². The summed E-state index contributed by atoms with van der Waals surface area (Å²) < 4.78 is 5.54. The molecule has 0 spiro atoms. The molecule has 31 heavy (non-hydrogen) atoms. The van der Waals surface area contributed by atoms with E-state index in [9.17, 15) is 10.1 Å². The first-order valence-electron chi connectivity index (χ1n) is 11.1. The van der Waals surface area contributed by atoms with Crippen LogP contribution in [0.2, 0.25) is 0 Å². The van der Waals surface area contributed by atoms with Crippen molar-refractivity contribution in [2.24, 2.45) is 5.92 Å². The lowest BCUT2D eigenvalue weighted by molar-refractivity contribution is 0.0290. The van der Waals surface area contributed by atoms with Gasteiger partial charge in [0.05, 0.1) is 6.04 Å². The summed E-state index contributed by atoms with van der Waals surface area (Å²) in [6, 6.07) is 4.44. The Labute approximate surface area is 184 Å². The van der Waals surface area contributed by atoms with Gasteiger partial charge in [0.25, 0.3) is 0 Å². The van der Waals surface area contributed by atoms with E-state index in [1.807, 2.05) is 20.8 Å². The molecule has 1 amide bonds. The van der Waals surface area contributed by atoms with E-state index >= 15 is 0 Å². The highest BCUT2D eigenvalue weighted by molar-refractivity contribution is 5.69. The molecule has 168 valence electrons. The van der Waals surface area contributed by atoms with Gasteiger partial charge in [0.2, 0.25) is 5.95 Å². The maximum atomic E-state index is 12.5. The van der Waals surface area contributed by atoms with E-state index in [0.717, 1.165) is 38.4 Å². The average Bonchev–Trinajstić information content (AvgIpc) is 2.89. The van der Waals surface area contributed by atoms with Gasteiger partial charge < -0.3 is 24.3 Å².